The lowest BCUT2D eigenvalue weighted by atomic mass is 10.2. The molecule has 1 amide bonds. The fraction of sp³-hybridized carbons (Fsp3) is 0.308. The van der Waals surface area contributed by atoms with Gasteiger partial charge in [0.2, 0.25) is 0 Å². The Morgan fingerprint density at radius 1 is 1.42 bits per heavy atom. The molecule has 0 saturated heterocycles. The topological polar surface area (TPSA) is 94.0 Å². The van der Waals surface area contributed by atoms with Gasteiger partial charge < -0.3 is 15.6 Å². The number of pyridine rings is 1. The first-order chi connectivity index (χ1) is 9.31. The molecule has 6 nitrogen and oxygen atoms in total. The highest BCUT2D eigenvalue weighted by molar-refractivity contribution is 5.93. The summed E-state index contributed by atoms with van der Waals surface area (Å²) in [5.41, 5.74) is 6.44. The molecule has 0 saturated carbocycles. The molecular formula is C13H16N4O2. The molecule has 0 aliphatic rings. The maximum Gasteiger partial charge on any atom is 0.273 e. The van der Waals surface area contributed by atoms with Gasteiger partial charge in [0.25, 0.3) is 5.91 Å². The molecule has 6 heteroatoms. The molecule has 0 bridgehead atoms. The van der Waals surface area contributed by atoms with Crippen LogP contribution in [0.1, 0.15) is 23.3 Å². The summed E-state index contributed by atoms with van der Waals surface area (Å²) in [6, 6.07) is 5.25. The minimum absolute atomic E-state index is 0.240. The third-order valence-electron chi connectivity index (χ3n) is 2.61. The number of unbranched alkanes of at least 4 members (excludes halogenated alkanes) is 1. The van der Waals surface area contributed by atoms with Gasteiger partial charge in [-0.2, -0.15) is 0 Å². The van der Waals surface area contributed by atoms with E-state index in [4.69, 9.17) is 10.3 Å². The van der Waals surface area contributed by atoms with Crippen LogP contribution < -0.4 is 11.1 Å². The third-order valence-corrected chi connectivity index (χ3v) is 2.61. The maximum absolute atomic E-state index is 11.8. The van der Waals surface area contributed by atoms with E-state index < -0.39 is 0 Å². The fourth-order valence-corrected chi connectivity index (χ4v) is 1.59. The number of carbonyl (C=O) groups is 1. The Balaban J connectivity index is 1.95. The summed E-state index contributed by atoms with van der Waals surface area (Å²) < 4.78 is 5.13. The number of amides is 1. The summed E-state index contributed by atoms with van der Waals surface area (Å²) in [5, 5.41) is 6.52. The van der Waals surface area contributed by atoms with E-state index in [1.54, 1.807) is 24.5 Å². The number of nitrogens with two attached hydrogens (primary N) is 1. The molecule has 0 aromatic carbocycles. The van der Waals surface area contributed by atoms with Crippen molar-refractivity contribution in [3.63, 3.8) is 0 Å². The van der Waals surface area contributed by atoms with Crippen LogP contribution in [0.5, 0.6) is 0 Å². The van der Waals surface area contributed by atoms with Crippen LogP contribution in [0.4, 0.5) is 0 Å². The normalized spacial score (nSPS) is 10.4. The van der Waals surface area contributed by atoms with Gasteiger partial charge in [0.05, 0.1) is 0 Å². The van der Waals surface area contributed by atoms with Crippen LogP contribution in [0.15, 0.2) is 35.1 Å². The zero-order valence-corrected chi connectivity index (χ0v) is 10.5. The second-order valence-electron chi connectivity index (χ2n) is 4.07. The highest BCUT2D eigenvalue weighted by Crippen LogP contribution is 2.18. The van der Waals surface area contributed by atoms with Crippen molar-refractivity contribution in [3.8, 4) is 11.3 Å². The lowest BCUT2D eigenvalue weighted by Gasteiger charge is -2.00. The number of hydrogen-bond donors (Lipinski definition) is 2. The summed E-state index contributed by atoms with van der Waals surface area (Å²) in [6.45, 7) is 1.22. The minimum atomic E-state index is -0.240. The lowest BCUT2D eigenvalue weighted by Crippen LogP contribution is -2.25. The van der Waals surface area contributed by atoms with E-state index in [0.717, 1.165) is 18.4 Å². The van der Waals surface area contributed by atoms with Crippen molar-refractivity contribution in [1.82, 2.24) is 15.5 Å². The number of hydrogen-bond acceptors (Lipinski definition) is 5. The van der Waals surface area contributed by atoms with Gasteiger partial charge >= 0.3 is 0 Å². The Morgan fingerprint density at radius 3 is 3.05 bits per heavy atom. The summed E-state index contributed by atoms with van der Waals surface area (Å²) in [5.74, 6) is 0.288. The van der Waals surface area contributed by atoms with Crippen molar-refractivity contribution in [1.29, 1.82) is 0 Å². The highest BCUT2D eigenvalue weighted by Gasteiger charge is 2.12. The Hall–Kier alpha value is -2.21. The van der Waals surface area contributed by atoms with Gasteiger partial charge in [-0.1, -0.05) is 5.16 Å². The van der Waals surface area contributed by atoms with Gasteiger partial charge in [0, 0.05) is 30.6 Å². The summed E-state index contributed by atoms with van der Waals surface area (Å²) in [7, 11) is 0. The quantitative estimate of drug-likeness (QED) is 0.761. The zero-order valence-electron chi connectivity index (χ0n) is 10.5. The maximum atomic E-state index is 11.8. The van der Waals surface area contributed by atoms with Gasteiger partial charge in [-0.3, -0.25) is 9.78 Å². The van der Waals surface area contributed by atoms with E-state index >= 15 is 0 Å². The number of carbonyl (C=O) groups excluding carboxylic acids is 1. The number of aromatic nitrogens is 2. The Morgan fingerprint density at radius 2 is 2.32 bits per heavy atom. The molecule has 3 N–H and O–H groups in total. The second kappa shape index (κ2) is 6.65. The molecule has 0 unspecified atom stereocenters. The van der Waals surface area contributed by atoms with Crippen LogP contribution in [0.3, 0.4) is 0 Å². The predicted molar refractivity (Wildman–Crippen MR) is 70.4 cm³/mol. The van der Waals surface area contributed by atoms with Gasteiger partial charge in [-0.15, -0.1) is 0 Å². The summed E-state index contributed by atoms with van der Waals surface area (Å²) >= 11 is 0. The SMILES string of the molecule is NCCCCNC(=O)c1cc(-c2cccnc2)on1. The molecule has 0 atom stereocenters. The average Bonchev–Trinajstić information content (AvgIpc) is 2.94. The van der Waals surface area contributed by atoms with E-state index in [2.05, 4.69) is 15.5 Å². The van der Waals surface area contributed by atoms with E-state index in [0.29, 0.717) is 18.8 Å². The molecule has 2 heterocycles. The van der Waals surface area contributed by atoms with E-state index in [9.17, 15) is 4.79 Å². The zero-order chi connectivity index (χ0) is 13.5. The molecule has 0 aliphatic carbocycles. The van der Waals surface area contributed by atoms with Crippen molar-refractivity contribution < 1.29 is 9.32 Å². The van der Waals surface area contributed by atoms with Crippen molar-refractivity contribution in [3.05, 3.63) is 36.3 Å². The molecule has 0 aliphatic heterocycles. The smallest absolute Gasteiger partial charge is 0.273 e. The number of rotatable bonds is 6. The summed E-state index contributed by atoms with van der Waals surface area (Å²) in [6.07, 6.45) is 5.07. The van der Waals surface area contributed by atoms with Gasteiger partial charge in [0.1, 0.15) is 0 Å². The third kappa shape index (κ3) is 3.62. The van der Waals surface area contributed by atoms with Crippen molar-refractivity contribution in [2.75, 3.05) is 13.1 Å². The summed E-state index contributed by atoms with van der Waals surface area (Å²) in [4.78, 5) is 15.8. The van der Waals surface area contributed by atoms with E-state index in [1.165, 1.54) is 0 Å². The van der Waals surface area contributed by atoms with Gasteiger partial charge in [0.15, 0.2) is 11.5 Å². The molecule has 2 aromatic rings. The molecule has 19 heavy (non-hydrogen) atoms. The van der Waals surface area contributed by atoms with Crippen molar-refractivity contribution in [2.45, 2.75) is 12.8 Å². The second-order valence-corrected chi connectivity index (χ2v) is 4.07. The van der Waals surface area contributed by atoms with Crippen LogP contribution in [0, 0.1) is 0 Å². The Bertz CT molecular complexity index is 524. The monoisotopic (exact) mass is 260 g/mol. The molecular weight excluding hydrogens is 244 g/mol. The van der Waals surface area contributed by atoms with Crippen LogP contribution in [0.25, 0.3) is 11.3 Å². The van der Waals surface area contributed by atoms with Crippen LogP contribution in [-0.4, -0.2) is 29.1 Å². The predicted octanol–water partition coefficient (Wildman–Crippen LogP) is 1.21. The van der Waals surface area contributed by atoms with E-state index in [-0.39, 0.29) is 11.6 Å². The van der Waals surface area contributed by atoms with Crippen molar-refractivity contribution in [2.24, 2.45) is 5.73 Å². The molecule has 0 radical (unpaired) electrons. The largest absolute Gasteiger partial charge is 0.355 e. The van der Waals surface area contributed by atoms with Crippen molar-refractivity contribution >= 4 is 5.91 Å². The first kappa shape index (κ1) is 13.2. The minimum Gasteiger partial charge on any atom is -0.355 e. The first-order valence-corrected chi connectivity index (χ1v) is 6.16. The fourth-order valence-electron chi connectivity index (χ4n) is 1.59. The average molecular weight is 260 g/mol. The molecule has 2 rings (SSSR count). The lowest BCUT2D eigenvalue weighted by molar-refractivity contribution is 0.0944. The molecule has 2 aromatic heterocycles. The molecule has 0 fully saturated rings. The van der Waals surface area contributed by atoms with E-state index in [1.807, 2.05) is 6.07 Å². The molecule has 100 valence electrons. The van der Waals surface area contributed by atoms with Crippen LogP contribution in [-0.2, 0) is 0 Å². The Kier molecular flexibility index (Phi) is 4.63. The molecule has 0 spiro atoms. The van der Waals surface area contributed by atoms with Gasteiger partial charge in [-0.05, 0) is 31.5 Å². The highest BCUT2D eigenvalue weighted by atomic mass is 16.5. The van der Waals surface area contributed by atoms with Crippen LogP contribution in [0.2, 0.25) is 0 Å². The van der Waals surface area contributed by atoms with Gasteiger partial charge in [-0.25, -0.2) is 0 Å². The van der Waals surface area contributed by atoms with Crippen LogP contribution >= 0.6 is 0 Å². The first-order valence-electron chi connectivity index (χ1n) is 6.16. The number of nitrogens with one attached hydrogen (secondary N) is 1. The Labute approximate surface area is 111 Å². The number of nitrogens with zero attached hydrogens (tertiary/aromatic N) is 2. The standard InChI is InChI=1S/C13H16N4O2/c14-5-1-2-7-16-13(18)11-8-12(19-17-11)10-4-3-6-15-9-10/h3-4,6,8-9H,1-2,5,7,14H2,(H,16,18).